The maximum atomic E-state index is 11.0. The van der Waals surface area contributed by atoms with Gasteiger partial charge in [0.05, 0.1) is 11.9 Å². The number of anilines is 1. The van der Waals surface area contributed by atoms with Crippen molar-refractivity contribution < 1.29 is 13.5 Å². The summed E-state index contributed by atoms with van der Waals surface area (Å²) in [5, 5.41) is 9.80. The number of para-hydroxylation sites is 1. The molecule has 0 unspecified atom stereocenters. The molecular formula is C10H15NO3S. The van der Waals surface area contributed by atoms with Crippen molar-refractivity contribution in [2.75, 3.05) is 11.0 Å². The van der Waals surface area contributed by atoms with E-state index < -0.39 is 10.0 Å². The van der Waals surface area contributed by atoms with Gasteiger partial charge in [-0.25, -0.2) is 8.42 Å². The maximum absolute atomic E-state index is 11.0. The highest BCUT2D eigenvalue weighted by Crippen LogP contribution is 2.32. The Bertz CT molecular complexity index is 452. The third-order valence-corrected chi connectivity index (χ3v) is 2.58. The highest BCUT2D eigenvalue weighted by atomic mass is 32.2. The molecule has 0 aliphatic carbocycles. The first-order chi connectivity index (χ1) is 6.81. The molecule has 0 fully saturated rings. The van der Waals surface area contributed by atoms with Crippen LogP contribution in [-0.2, 0) is 10.0 Å². The Morgan fingerprint density at radius 2 is 1.93 bits per heavy atom. The van der Waals surface area contributed by atoms with Gasteiger partial charge in [-0.05, 0) is 17.5 Å². The molecule has 1 rings (SSSR count). The van der Waals surface area contributed by atoms with Crippen LogP contribution in [0.5, 0.6) is 5.75 Å². The molecule has 2 N–H and O–H groups in total. The van der Waals surface area contributed by atoms with Crippen LogP contribution in [0.3, 0.4) is 0 Å². The molecule has 0 spiro atoms. The first kappa shape index (κ1) is 11.8. The molecular weight excluding hydrogens is 214 g/mol. The second kappa shape index (κ2) is 4.10. The molecule has 0 aromatic heterocycles. The molecule has 0 saturated carbocycles. The van der Waals surface area contributed by atoms with Crippen LogP contribution in [0.4, 0.5) is 5.69 Å². The molecule has 0 radical (unpaired) electrons. The Hall–Kier alpha value is -1.23. The molecule has 0 saturated heterocycles. The Morgan fingerprint density at radius 3 is 2.40 bits per heavy atom. The highest BCUT2D eigenvalue weighted by molar-refractivity contribution is 7.92. The van der Waals surface area contributed by atoms with Gasteiger partial charge in [-0.3, -0.25) is 4.72 Å². The second-order valence-corrected chi connectivity index (χ2v) is 5.52. The minimum absolute atomic E-state index is 0.00192. The predicted molar refractivity (Wildman–Crippen MR) is 60.7 cm³/mol. The molecule has 1 aromatic carbocycles. The number of phenols is 1. The van der Waals surface area contributed by atoms with Crippen molar-refractivity contribution in [2.45, 2.75) is 19.8 Å². The average molecular weight is 229 g/mol. The predicted octanol–water partition coefficient (Wildman–Crippen LogP) is 1.89. The standard InChI is InChI=1S/C10H15NO3S/c1-7(2)8-5-4-6-9(10(8)12)11-15(3,13)14/h4-7,11-12H,1-3H3. The summed E-state index contributed by atoms with van der Waals surface area (Å²) in [6.45, 7) is 3.86. The van der Waals surface area contributed by atoms with Crippen molar-refractivity contribution in [1.29, 1.82) is 0 Å². The summed E-state index contributed by atoms with van der Waals surface area (Å²) in [5.41, 5.74) is 0.951. The number of aromatic hydroxyl groups is 1. The summed E-state index contributed by atoms with van der Waals surface area (Å²) in [7, 11) is -3.35. The van der Waals surface area contributed by atoms with Crippen molar-refractivity contribution in [3.63, 3.8) is 0 Å². The van der Waals surface area contributed by atoms with Gasteiger partial charge in [-0.1, -0.05) is 26.0 Å². The number of nitrogens with one attached hydrogen (secondary N) is 1. The number of sulfonamides is 1. The molecule has 4 nitrogen and oxygen atoms in total. The molecule has 84 valence electrons. The summed E-state index contributed by atoms with van der Waals surface area (Å²) < 4.78 is 24.3. The van der Waals surface area contributed by atoms with Gasteiger partial charge in [0.2, 0.25) is 10.0 Å². The van der Waals surface area contributed by atoms with E-state index in [1.54, 1.807) is 12.1 Å². The molecule has 0 aliphatic heterocycles. The zero-order chi connectivity index (χ0) is 11.6. The molecule has 0 amide bonds. The smallest absolute Gasteiger partial charge is 0.229 e. The van der Waals surface area contributed by atoms with Gasteiger partial charge in [0, 0.05) is 0 Å². The number of phenolic OH excluding ortho intramolecular Hbond substituents is 1. The van der Waals surface area contributed by atoms with E-state index in [0.29, 0.717) is 0 Å². The largest absolute Gasteiger partial charge is 0.505 e. The normalized spacial score (nSPS) is 11.7. The van der Waals surface area contributed by atoms with Crippen LogP contribution in [0.25, 0.3) is 0 Å². The van der Waals surface area contributed by atoms with E-state index in [2.05, 4.69) is 4.72 Å². The van der Waals surface area contributed by atoms with E-state index in [0.717, 1.165) is 11.8 Å². The highest BCUT2D eigenvalue weighted by Gasteiger charge is 2.12. The van der Waals surface area contributed by atoms with Gasteiger partial charge in [0.15, 0.2) is 0 Å². The molecule has 0 aliphatic rings. The lowest BCUT2D eigenvalue weighted by atomic mass is 10.0. The SMILES string of the molecule is CC(C)c1cccc(NS(C)(=O)=O)c1O. The van der Waals surface area contributed by atoms with Gasteiger partial charge in [0.1, 0.15) is 5.75 Å². The fraction of sp³-hybridized carbons (Fsp3) is 0.400. The number of benzene rings is 1. The van der Waals surface area contributed by atoms with E-state index in [1.807, 2.05) is 13.8 Å². The van der Waals surface area contributed by atoms with Gasteiger partial charge in [-0.2, -0.15) is 0 Å². The first-order valence-electron chi connectivity index (χ1n) is 4.61. The monoisotopic (exact) mass is 229 g/mol. The quantitative estimate of drug-likeness (QED) is 0.778. The number of rotatable bonds is 3. The third kappa shape index (κ3) is 3.13. The van der Waals surface area contributed by atoms with E-state index in [-0.39, 0.29) is 17.4 Å². The topological polar surface area (TPSA) is 66.4 Å². The van der Waals surface area contributed by atoms with Crippen LogP contribution < -0.4 is 4.72 Å². The van der Waals surface area contributed by atoms with Gasteiger partial charge in [0.25, 0.3) is 0 Å². The maximum Gasteiger partial charge on any atom is 0.229 e. The third-order valence-electron chi connectivity index (χ3n) is 1.98. The molecule has 1 aromatic rings. The van der Waals surface area contributed by atoms with E-state index in [4.69, 9.17) is 0 Å². The first-order valence-corrected chi connectivity index (χ1v) is 6.50. The summed E-state index contributed by atoms with van der Waals surface area (Å²) >= 11 is 0. The van der Waals surface area contributed by atoms with Crippen molar-refractivity contribution in [3.8, 4) is 5.75 Å². The van der Waals surface area contributed by atoms with Crippen LogP contribution in [0.15, 0.2) is 18.2 Å². The summed E-state index contributed by atoms with van der Waals surface area (Å²) in [4.78, 5) is 0. The number of hydrogen-bond acceptors (Lipinski definition) is 3. The summed E-state index contributed by atoms with van der Waals surface area (Å²) in [6.07, 6.45) is 1.05. The Labute approximate surface area is 90.0 Å². The van der Waals surface area contributed by atoms with Crippen LogP contribution in [0.1, 0.15) is 25.3 Å². The van der Waals surface area contributed by atoms with E-state index in [9.17, 15) is 13.5 Å². The fourth-order valence-electron chi connectivity index (χ4n) is 1.31. The molecule has 0 heterocycles. The van der Waals surface area contributed by atoms with Crippen molar-refractivity contribution in [1.82, 2.24) is 0 Å². The Morgan fingerprint density at radius 1 is 1.33 bits per heavy atom. The average Bonchev–Trinajstić information content (AvgIpc) is 2.05. The fourth-order valence-corrected chi connectivity index (χ4v) is 1.87. The summed E-state index contributed by atoms with van der Waals surface area (Å²) in [6, 6.07) is 5.01. The summed E-state index contributed by atoms with van der Waals surface area (Å²) in [5.74, 6) is 0.143. The zero-order valence-corrected chi connectivity index (χ0v) is 9.80. The zero-order valence-electron chi connectivity index (χ0n) is 8.98. The van der Waals surface area contributed by atoms with Crippen LogP contribution in [0.2, 0.25) is 0 Å². The van der Waals surface area contributed by atoms with Crippen molar-refractivity contribution in [3.05, 3.63) is 23.8 Å². The minimum atomic E-state index is -3.35. The van der Waals surface area contributed by atoms with Gasteiger partial charge >= 0.3 is 0 Å². The molecule has 5 heteroatoms. The lowest BCUT2D eigenvalue weighted by molar-refractivity contribution is 0.467. The minimum Gasteiger partial charge on any atom is -0.505 e. The molecule has 0 bridgehead atoms. The van der Waals surface area contributed by atoms with Gasteiger partial charge in [-0.15, -0.1) is 0 Å². The van der Waals surface area contributed by atoms with Crippen LogP contribution >= 0.6 is 0 Å². The van der Waals surface area contributed by atoms with Crippen molar-refractivity contribution in [2.24, 2.45) is 0 Å². The lowest BCUT2D eigenvalue weighted by Crippen LogP contribution is -2.10. The Balaban J connectivity index is 3.16. The van der Waals surface area contributed by atoms with E-state index in [1.165, 1.54) is 6.07 Å². The van der Waals surface area contributed by atoms with E-state index >= 15 is 0 Å². The van der Waals surface area contributed by atoms with Crippen molar-refractivity contribution >= 4 is 15.7 Å². The van der Waals surface area contributed by atoms with Gasteiger partial charge < -0.3 is 5.11 Å². The number of hydrogen-bond donors (Lipinski definition) is 2. The molecule has 15 heavy (non-hydrogen) atoms. The Kier molecular flexibility index (Phi) is 3.24. The van der Waals surface area contributed by atoms with Crippen LogP contribution in [0, 0.1) is 0 Å². The lowest BCUT2D eigenvalue weighted by Gasteiger charge is -2.12. The second-order valence-electron chi connectivity index (χ2n) is 3.77. The van der Waals surface area contributed by atoms with Crippen LogP contribution in [-0.4, -0.2) is 19.8 Å². The molecule has 0 atom stereocenters.